The summed E-state index contributed by atoms with van der Waals surface area (Å²) in [6.07, 6.45) is 4.17. The molecule has 0 aliphatic rings. The predicted octanol–water partition coefficient (Wildman–Crippen LogP) is 2.95. The molecule has 23 heavy (non-hydrogen) atoms. The van der Waals surface area contributed by atoms with Crippen LogP contribution in [0, 0.1) is 0 Å². The van der Waals surface area contributed by atoms with Crippen molar-refractivity contribution in [2.24, 2.45) is 5.73 Å². The van der Waals surface area contributed by atoms with Crippen molar-refractivity contribution < 1.29 is 9.53 Å². The van der Waals surface area contributed by atoms with E-state index in [-0.39, 0.29) is 11.9 Å². The summed E-state index contributed by atoms with van der Waals surface area (Å²) >= 11 is 6.01. The van der Waals surface area contributed by atoms with Gasteiger partial charge in [0.25, 0.3) is 5.91 Å². The molecule has 3 N–H and O–H groups in total. The Labute approximate surface area is 140 Å². The highest BCUT2D eigenvalue weighted by molar-refractivity contribution is 6.31. The summed E-state index contributed by atoms with van der Waals surface area (Å²) in [7, 11) is 0. The second-order valence-electron chi connectivity index (χ2n) is 4.99. The van der Waals surface area contributed by atoms with Crippen molar-refractivity contribution in [3.8, 4) is 5.75 Å². The van der Waals surface area contributed by atoms with Crippen LogP contribution < -0.4 is 15.8 Å². The lowest BCUT2D eigenvalue weighted by Crippen LogP contribution is -2.28. The first-order valence-corrected chi connectivity index (χ1v) is 7.86. The second kappa shape index (κ2) is 8.50. The smallest absolute Gasteiger partial charge is 0.255 e. The van der Waals surface area contributed by atoms with Crippen molar-refractivity contribution in [3.05, 3.63) is 58.9 Å². The number of pyridine rings is 1. The Hall–Kier alpha value is -2.11. The third-order valence-electron chi connectivity index (χ3n) is 3.38. The highest BCUT2D eigenvalue weighted by Crippen LogP contribution is 2.24. The quantitative estimate of drug-likeness (QED) is 0.816. The molecule has 0 unspecified atom stereocenters. The van der Waals surface area contributed by atoms with Gasteiger partial charge >= 0.3 is 0 Å². The fraction of sp³-hybridized carbons (Fsp3) is 0.294. The molecule has 122 valence electrons. The Balaban J connectivity index is 2.20. The third-order valence-corrected chi connectivity index (χ3v) is 3.62. The molecule has 0 spiro atoms. The number of nitrogens with two attached hydrogens (primary N) is 1. The molecular weight excluding hydrogens is 314 g/mol. The maximum absolute atomic E-state index is 12.6. The van der Waals surface area contributed by atoms with Crippen LogP contribution in [0.5, 0.6) is 5.75 Å². The Morgan fingerprint density at radius 1 is 1.35 bits per heavy atom. The molecule has 0 radical (unpaired) electrons. The number of halogens is 1. The minimum absolute atomic E-state index is 0.105. The standard InChI is InChI=1S/C17H20ClN3O2/c1-2-15(12-5-8-20-9-6-12)21-17(22)14-11-13(18)3-4-16(14)23-10-7-19/h3-6,8-9,11,15H,2,7,10,19H2,1H3,(H,21,22)/t15-/m1/s1. The van der Waals surface area contributed by atoms with Gasteiger partial charge in [0.2, 0.25) is 0 Å². The van der Waals surface area contributed by atoms with Crippen LogP contribution in [0.1, 0.15) is 35.3 Å². The topological polar surface area (TPSA) is 77.2 Å². The van der Waals surface area contributed by atoms with E-state index in [0.29, 0.717) is 29.5 Å². The molecule has 0 aliphatic heterocycles. The number of ether oxygens (including phenoxy) is 1. The van der Waals surface area contributed by atoms with Crippen molar-refractivity contribution in [1.29, 1.82) is 0 Å². The van der Waals surface area contributed by atoms with Crippen LogP contribution in [0.15, 0.2) is 42.7 Å². The number of hydrogen-bond acceptors (Lipinski definition) is 4. The molecule has 1 atom stereocenters. The maximum Gasteiger partial charge on any atom is 0.255 e. The minimum atomic E-state index is -0.233. The summed E-state index contributed by atoms with van der Waals surface area (Å²) in [5.41, 5.74) is 6.86. The zero-order chi connectivity index (χ0) is 16.7. The average molecular weight is 334 g/mol. The molecule has 2 aromatic rings. The van der Waals surface area contributed by atoms with E-state index in [2.05, 4.69) is 10.3 Å². The first-order valence-electron chi connectivity index (χ1n) is 7.49. The first-order chi connectivity index (χ1) is 11.2. The molecule has 0 saturated carbocycles. The molecule has 1 heterocycles. The zero-order valence-electron chi connectivity index (χ0n) is 13.0. The van der Waals surface area contributed by atoms with Gasteiger partial charge in [-0.25, -0.2) is 0 Å². The van der Waals surface area contributed by atoms with E-state index in [0.717, 1.165) is 12.0 Å². The van der Waals surface area contributed by atoms with Gasteiger partial charge in [0.05, 0.1) is 11.6 Å². The SMILES string of the molecule is CC[C@@H](NC(=O)c1cc(Cl)ccc1OCCN)c1ccncc1. The van der Waals surface area contributed by atoms with Crippen LogP contribution in [-0.4, -0.2) is 24.0 Å². The number of rotatable bonds is 7. The van der Waals surface area contributed by atoms with Gasteiger partial charge in [0, 0.05) is 24.0 Å². The lowest BCUT2D eigenvalue weighted by atomic mass is 10.1. The van der Waals surface area contributed by atoms with E-state index in [1.165, 1.54) is 0 Å². The molecule has 0 bridgehead atoms. The summed E-state index contributed by atoms with van der Waals surface area (Å²) in [6, 6.07) is 8.63. The number of carbonyl (C=O) groups is 1. The number of benzene rings is 1. The van der Waals surface area contributed by atoms with Crippen molar-refractivity contribution in [2.45, 2.75) is 19.4 Å². The highest BCUT2D eigenvalue weighted by atomic mass is 35.5. The van der Waals surface area contributed by atoms with Crippen molar-refractivity contribution >= 4 is 17.5 Å². The first kappa shape index (κ1) is 17.2. The molecule has 6 heteroatoms. The lowest BCUT2D eigenvalue weighted by molar-refractivity contribution is 0.0931. The molecule has 1 aromatic heterocycles. The van der Waals surface area contributed by atoms with Gasteiger partial charge in [-0.2, -0.15) is 0 Å². The summed E-state index contributed by atoms with van der Waals surface area (Å²) in [6.45, 7) is 2.72. The number of carbonyl (C=O) groups excluding carboxylic acids is 1. The van der Waals surface area contributed by atoms with Crippen LogP contribution in [-0.2, 0) is 0 Å². The molecule has 0 saturated heterocycles. The van der Waals surface area contributed by atoms with Crippen molar-refractivity contribution in [1.82, 2.24) is 10.3 Å². The van der Waals surface area contributed by atoms with E-state index < -0.39 is 0 Å². The largest absolute Gasteiger partial charge is 0.491 e. The predicted molar refractivity (Wildman–Crippen MR) is 90.7 cm³/mol. The molecular formula is C17H20ClN3O2. The van der Waals surface area contributed by atoms with Crippen molar-refractivity contribution in [2.75, 3.05) is 13.2 Å². The molecule has 0 aliphatic carbocycles. The van der Waals surface area contributed by atoms with E-state index >= 15 is 0 Å². The van der Waals surface area contributed by atoms with Gasteiger partial charge in [-0.05, 0) is 42.3 Å². The van der Waals surface area contributed by atoms with E-state index in [4.69, 9.17) is 22.1 Å². The van der Waals surface area contributed by atoms with Crippen molar-refractivity contribution in [3.63, 3.8) is 0 Å². The van der Waals surface area contributed by atoms with E-state index in [9.17, 15) is 4.79 Å². The number of nitrogens with one attached hydrogen (secondary N) is 1. The maximum atomic E-state index is 12.6. The summed E-state index contributed by atoms with van der Waals surface area (Å²) < 4.78 is 5.53. The van der Waals surface area contributed by atoms with Gasteiger partial charge < -0.3 is 15.8 Å². The Kier molecular flexibility index (Phi) is 6.38. The van der Waals surface area contributed by atoms with Crippen LogP contribution >= 0.6 is 11.6 Å². The van der Waals surface area contributed by atoms with E-state index in [1.54, 1.807) is 30.6 Å². The number of amides is 1. The van der Waals surface area contributed by atoms with Crippen LogP contribution in [0.3, 0.4) is 0 Å². The Morgan fingerprint density at radius 3 is 2.74 bits per heavy atom. The van der Waals surface area contributed by atoms with Crippen LogP contribution in [0.4, 0.5) is 0 Å². The number of aromatic nitrogens is 1. The fourth-order valence-electron chi connectivity index (χ4n) is 2.23. The molecule has 5 nitrogen and oxygen atoms in total. The van der Waals surface area contributed by atoms with Gasteiger partial charge in [-0.1, -0.05) is 18.5 Å². The van der Waals surface area contributed by atoms with Gasteiger partial charge in [0.1, 0.15) is 12.4 Å². The normalized spacial score (nSPS) is 11.8. The minimum Gasteiger partial charge on any atom is -0.491 e. The highest BCUT2D eigenvalue weighted by Gasteiger charge is 2.18. The summed E-state index contributed by atoms with van der Waals surface area (Å²) in [4.78, 5) is 16.6. The lowest BCUT2D eigenvalue weighted by Gasteiger charge is -2.18. The van der Waals surface area contributed by atoms with Gasteiger partial charge in [-0.15, -0.1) is 0 Å². The zero-order valence-corrected chi connectivity index (χ0v) is 13.7. The third kappa shape index (κ3) is 4.68. The number of hydrogen-bond donors (Lipinski definition) is 2. The van der Waals surface area contributed by atoms with E-state index in [1.807, 2.05) is 19.1 Å². The van der Waals surface area contributed by atoms with Gasteiger partial charge in [0.15, 0.2) is 0 Å². The van der Waals surface area contributed by atoms with Crippen LogP contribution in [0.2, 0.25) is 5.02 Å². The van der Waals surface area contributed by atoms with Crippen LogP contribution in [0.25, 0.3) is 0 Å². The molecule has 1 aromatic carbocycles. The molecule has 2 rings (SSSR count). The average Bonchev–Trinajstić information content (AvgIpc) is 2.59. The summed E-state index contributed by atoms with van der Waals surface area (Å²) in [5, 5.41) is 3.49. The molecule has 0 fully saturated rings. The molecule has 1 amide bonds. The second-order valence-corrected chi connectivity index (χ2v) is 5.43. The summed E-state index contributed by atoms with van der Waals surface area (Å²) in [5.74, 6) is 0.241. The van der Waals surface area contributed by atoms with Gasteiger partial charge in [-0.3, -0.25) is 9.78 Å². The monoisotopic (exact) mass is 333 g/mol. The number of nitrogens with zero attached hydrogens (tertiary/aromatic N) is 1. The Bertz CT molecular complexity index is 650. The fourth-order valence-corrected chi connectivity index (χ4v) is 2.40. The Morgan fingerprint density at radius 2 is 2.09 bits per heavy atom.